The van der Waals surface area contributed by atoms with E-state index < -0.39 is 41.3 Å². The number of amides is 1. The molecule has 10 heteroatoms. The summed E-state index contributed by atoms with van der Waals surface area (Å²) in [5.74, 6) is 0.350. The molecular formula is C18H35ClN2O6S. The molecule has 2 rings (SSSR count). The van der Waals surface area contributed by atoms with Crippen molar-refractivity contribution in [3.63, 3.8) is 0 Å². The largest absolute Gasteiger partial charge is 0.412 e. The first-order valence-corrected chi connectivity index (χ1v) is 11.3. The fourth-order valence-corrected chi connectivity index (χ4v) is 5.00. The molecule has 1 unspecified atom stereocenters. The molecule has 2 fully saturated rings. The first kappa shape index (κ1) is 25.9. The van der Waals surface area contributed by atoms with Gasteiger partial charge in [0.25, 0.3) is 0 Å². The number of hydrogen-bond acceptors (Lipinski definition) is 7. The van der Waals surface area contributed by atoms with E-state index in [4.69, 9.17) is 16.3 Å². The standard InChI is InChI=1S/C18H33ClN2O5S.H2O/c1-5-6-10-7-11(21(3)8-10)17(25)20-12(9(2)19)16-14(23)13(22)15(24)18(26-16)27-4;/h9-16,18,22-24H,5-8H2,1-4H3,(H,20,25);1H2/t9-,10+,11-,12-,13-,14+,15+,16?,18+;/m1./s1. The van der Waals surface area contributed by atoms with Crippen LogP contribution in [0.15, 0.2) is 0 Å². The Balaban J connectivity index is 0.00000392. The van der Waals surface area contributed by atoms with Gasteiger partial charge in [-0.2, -0.15) is 0 Å². The molecule has 0 bridgehead atoms. The Morgan fingerprint density at radius 2 is 1.96 bits per heavy atom. The molecule has 2 heterocycles. The van der Waals surface area contributed by atoms with Crippen molar-refractivity contribution in [1.82, 2.24) is 10.2 Å². The summed E-state index contributed by atoms with van der Waals surface area (Å²) in [6.45, 7) is 4.74. The number of thioether (sulfide) groups is 1. The Morgan fingerprint density at radius 1 is 1.32 bits per heavy atom. The second-order valence-corrected chi connectivity index (χ2v) is 9.36. The number of likely N-dealkylation sites (N-methyl/N-ethyl adjacent to an activating group) is 1. The molecule has 0 spiro atoms. The maximum Gasteiger partial charge on any atom is 0.237 e. The lowest BCUT2D eigenvalue weighted by Gasteiger charge is -2.44. The van der Waals surface area contributed by atoms with E-state index in [1.54, 1.807) is 13.2 Å². The SMILES string of the molecule is CCC[C@H]1C[C@H](C(=O)N[C@@H](C2O[C@@H](SC)[C@@H](O)[C@H](O)[C@@H]2O)[C@@H](C)Cl)N(C)C1.O. The molecule has 0 radical (unpaired) electrons. The van der Waals surface area contributed by atoms with Gasteiger partial charge in [0, 0.05) is 6.54 Å². The number of carbonyl (C=O) groups is 1. The van der Waals surface area contributed by atoms with Crippen LogP contribution >= 0.6 is 23.4 Å². The van der Waals surface area contributed by atoms with Crippen LogP contribution in [-0.4, -0.2) is 98.8 Å². The molecule has 0 saturated carbocycles. The van der Waals surface area contributed by atoms with E-state index in [0.717, 1.165) is 25.8 Å². The number of aliphatic hydroxyl groups excluding tert-OH is 3. The van der Waals surface area contributed by atoms with Crippen molar-refractivity contribution in [2.24, 2.45) is 5.92 Å². The molecule has 2 aliphatic heterocycles. The van der Waals surface area contributed by atoms with Crippen LogP contribution in [0.3, 0.4) is 0 Å². The minimum atomic E-state index is -1.36. The molecule has 0 aromatic carbocycles. The zero-order chi connectivity index (χ0) is 20.3. The number of aliphatic hydroxyl groups is 3. The summed E-state index contributed by atoms with van der Waals surface area (Å²) < 4.78 is 5.79. The highest BCUT2D eigenvalue weighted by molar-refractivity contribution is 7.99. The quantitative estimate of drug-likeness (QED) is 0.393. The van der Waals surface area contributed by atoms with Crippen LogP contribution in [0.4, 0.5) is 0 Å². The maximum absolute atomic E-state index is 12.9. The minimum absolute atomic E-state index is 0. The van der Waals surface area contributed by atoms with Crippen LogP contribution in [0.5, 0.6) is 0 Å². The molecular weight excluding hydrogens is 408 g/mol. The molecule has 9 atom stereocenters. The molecule has 28 heavy (non-hydrogen) atoms. The highest BCUT2D eigenvalue weighted by Gasteiger charge is 2.48. The summed E-state index contributed by atoms with van der Waals surface area (Å²) in [6.07, 6.45) is -0.0980. The third-order valence-electron chi connectivity index (χ3n) is 5.63. The van der Waals surface area contributed by atoms with Crippen molar-refractivity contribution in [2.45, 2.75) is 80.4 Å². The monoisotopic (exact) mass is 442 g/mol. The lowest BCUT2D eigenvalue weighted by atomic mass is 9.92. The molecule has 1 amide bonds. The van der Waals surface area contributed by atoms with Crippen molar-refractivity contribution in [3.05, 3.63) is 0 Å². The molecule has 0 aromatic heterocycles. The van der Waals surface area contributed by atoms with E-state index in [-0.39, 0.29) is 17.4 Å². The first-order chi connectivity index (χ1) is 12.7. The predicted octanol–water partition coefficient (Wildman–Crippen LogP) is -0.435. The summed E-state index contributed by atoms with van der Waals surface area (Å²) in [7, 11) is 1.94. The fourth-order valence-electron chi connectivity index (χ4n) is 4.11. The van der Waals surface area contributed by atoms with Crippen molar-refractivity contribution in [1.29, 1.82) is 0 Å². The van der Waals surface area contributed by atoms with Gasteiger partial charge in [-0.3, -0.25) is 9.69 Å². The number of alkyl halides is 1. The highest BCUT2D eigenvalue weighted by atomic mass is 35.5. The Morgan fingerprint density at radius 3 is 2.50 bits per heavy atom. The van der Waals surface area contributed by atoms with Crippen LogP contribution < -0.4 is 5.32 Å². The molecule has 0 aliphatic carbocycles. The number of halogens is 1. The van der Waals surface area contributed by atoms with Gasteiger partial charge < -0.3 is 30.8 Å². The van der Waals surface area contributed by atoms with Crippen molar-refractivity contribution in [3.8, 4) is 0 Å². The van der Waals surface area contributed by atoms with Crippen LogP contribution in [-0.2, 0) is 9.53 Å². The second kappa shape index (κ2) is 11.3. The van der Waals surface area contributed by atoms with Gasteiger partial charge in [-0.25, -0.2) is 0 Å². The third kappa shape index (κ3) is 5.72. The molecule has 166 valence electrons. The first-order valence-electron chi connectivity index (χ1n) is 9.58. The average molecular weight is 443 g/mol. The smallest absolute Gasteiger partial charge is 0.237 e. The van der Waals surface area contributed by atoms with Gasteiger partial charge in [0.2, 0.25) is 5.91 Å². The zero-order valence-corrected chi connectivity index (χ0v) is 18.5. The number of hydrogen-bond donors (Lipinski definition) is 4. The summed E-state index contributed by atoms with van der Waals surface area (Å²) in [5, 5.41) is 33.0. The number of ether oxygens (including phenoxy) is 1. The van der Waals surface area contributed by atoms with E-state index in [9.17, 15) is 20.1 Å². The Kier molecular flexibility index (Phi) is 10.5. The van der Waals surface area contributed by atoms with Crippen LogP contribution in [0.2, 0.25) is 0 Å². The summed E-state index contributed by atoms with van der Waals surface area (Å²) in [4.78, 5) is 14.9. The van der Waals surface area contributed by atoms with Gasteiger partial charge in [0.05, 0.1) is 17.5 Å². The highest BCUT2D eigenvalue weighted by Crippen LogP contribution is 2.31. The number of nitrogens with one attached hydrogen (secondary N) is 1. The fraction of sp³-hybridized carbons (Fsp3) is 0.944. The lowest BCUT2D eigenvalue weighted by molar-refractivity contribution is -0.205. The molecule has 2 aliphatic rings. The van der Waals surface area contributed by atoms with E-state index in [0.29, 0.717) is 5.92 Å². The minimum Gasteiger partial charge on any atom is -0.412 e. The van der Waals surface area contributed by atoms with Crippen LogP contribution in [0, 0.1) is 5.92 Å². The van der Waals surface area contributed by atoms with Crippen molar-refractivity contribution < 1.29 is 30.3 Å². The van der Waals surface area contributed by atoms with Crippen LogP contribution in [0.1, 0.15) is 33.1 Å². The summed E-state index contributed by atoms with van der Waals surface area (Å²) >= 11 is 7.55. The second-order valence-electron chi connectivity index (χ2n) is 7.73. The van der Waals surface area contributed by atoms with Gasteiger partial charge in [-0.05, 0) is 39.0 Å². The predicted molar refractivity (Wildman–Crippen MR) is 110 cm³/mol. The summed E-state index contributed by atoms with van der Waals surface area (Å²) in [6, 6.07) is -0.934. The number of rotatable bonds is 7. The van der Waals surface area contributed by atoms with Crippen molar-refractivity contribution >= 4 is 29.3 Å². The number of nitrogens with zero attached hydrogens (tertiary/aromatic N) is 1. The number of likely N-dealkylation sites (tertiary alicyclic amines) is 1. The average Bonchev–Trinajstić information content (AvgIpc) is 2.99. The van der Waals surface area contributed by atoms with Crippen molar-refractivity contribution in [2.75, 3.05) is 19.8 Å². The third-order valence-corrected chi connectivity index (χ3v) is 6.76. The Labute approximate surface area is 176 Å². The van der Waals surface area contributed by atoms with Gasteiger partial charge >= 0.3 is 0 Å². The normalized spacial score (nSPS) is 38.5. The van der Waals surface area contributed by atoms with Gasteiger partial charge in [-0.1, -0.05) is 13.3 Å². The molecule has 0 aromatic rings. The van der Waals surface area contributed by atoms with E-state index in [2.05, 4.69) is 12.2 Å². The zero-order valence-electron chi connectivity index (χ0n) is 16.9. The molecule has 6 N–H and O–H groups in total. The van der Waals surface area contributed by atoms with E-state index in [1.165, 1.54) is 11.8 Å². The number of carbonyl (C=O) groups excluding carboxylic acids is 1. The Bertz CT molecular complexity index is 501. The van der Waals surface area contributed by atoms with E-state index >= 15 is 0 Å². The Hall–Kier alpha value is -0.130. The van der Waals surface area contributed by atoms with Gasteiger partial charge in [0.1, 0.15) is 29.9 Å². The lowest BCUT2D eigenvalue weighted by Crippen LogP contribution is -2.65. The van der Waals surface area contributed by atoms with Crippen LogP contribution in [0.25, 0.3) is 0 Å². The topological polar surface area (TPSA) is 134 Å². The summed E-state index contributed by atoms with van der Waals surface area (Å²) in [5.41, 5.74) is -0.702. The molecule has 2 saturated heterocycles. The maximum atomic E-state index is 12.9. The van der Waals surface area contributed by atoms with E-state index in [1.807, 2.05) is 11.9 Å². The van der Waals surface area contributed by atoms with Gasteiger partial charge in [-0.15, -0.1) is 23.4 Å². The molecule has 8 nitrogen and oxygen atoms in total. The van der Waals surface area contributed by atoms with Gasteiger partial charge in [0.15, 0.2) is 0 Å².